The van der Waals surface area contributed by atoms with Gasteiger partial charge in [0.25, 0.3) is 0 Å². The maximum atomic E-state index is 11.2. The molecule has 0 aliphatic heterocycles. The highest BCUT2D eigenvalue weighted by molar-refractivity contribution is 5.13. The molecule has 1 heteroatoms. The van der Waals surface area contributed by atoms with Crippen molar-refractivity contribution in [3.63, 3.8) is 0 Å². The van der Waals surface area contributed by atoms with E-state index in [9.17, 15) is 4.39 Å². The maximum Gasteiger partial charge on any atom is 0.0866 e. The van der Waals surface area contributed by atoms with Crippen LogP contribution in [0.2, 0.25) is 0 Å². The van der Waals surface area contributed by atoms with Crippen molar-refractivity contribution in [2.45, 2.75) is 0 Å². The Morgan fingerprint density at radius 2 is 1.44 bits per heavy atom. The summed E-state index contributed by atoms with van der Waals surface area (Å²) in [4.78, 5) is 0. The van der Waals surface area contributed by atoms with Crippen LogP contribution in [0.15, 0.2) is 49.4 Å². The fourth-order valence-corrected chi connectivity index (χ4v) is 0.313. The molecule has 0 aliphatic rings. The van der Waals surface area contributed by atoms with Gasteiger partial charge in [0.05, 0.1) is 6.33 Å². The fourth-order valence-electron chi connectivity index (χ4n) is 0.313. The molecule has 0 rings (SSSR count). The Labute approximate surface area is 54.7 Å². The molecule has 0 bridgehead atoms. The molecule has 48 valence electrons. The van der Waals surface area contributed by atoms with Crippen LogP contribution in [0.4, 0.5) is 4.39 Å². The third-order valence-corrected chi connectivity index (χ3v) is 0.653. The minimum absolute atomic E-state index is 0.484. The van der Waals surface area contributed by atoms with Crippen molar-refractivity contribution >= 4 is 0 Å². The molecule has 0 unspecified atom stereocenters. The standard InChI is InChI=1S/C8H9F/c1-2-3-4-5-6-7-8-9/h2-8H,1H2/b4-3-,6-5-,8-7-. The fraction of sp³-hybridized carbons (Fsp3) is 0. The van der Waals surface area contributed by atoms with Crippen LogP contribution < -0.4 is 0 Å². The van der Waals surface area contributed by atoms with Crippen LogP contribution in [-0.2, 0) is 0 Å². The van der Waals surface area contributed by atoms with E-state index in [1.165, 1.54) is 6.08 Å². The summed E-state index contributed by atoms with van der Waals surface area (Å²) in [6.45, 7) is 3.47. The molecule has 0 fully saturated rings. The molecular formula is C8H9F. The van der Waals surface area contributed by atoms with Crippen LogP contribution in [-0.4, -0.2) is 0 Å². The Bertz CT molecular complexity index is 141. The molecule has 0 saturated carbocycles. The van der Waals surface area contributed by atoms with Gasteiger partial charge >= 0.3 is 0 Å². The van der Waals surface area contributed by atoms with Crippen LogP contribution in [0, 0.1) is 0 Å². The summed E-state index contributed by atoms with van der Waals surface area (Å²) in [6.07, 6.45) is 10.3. The molecule has 0 heterocycles. The van der Waals surface area contributed by atoms with E-state index in [2.05, 4.69) is 6.58 Å². The zero-order valence-corrected chi connectivity index (χ0v) is 5.13. The predicted molar refractivity (Wildman–Crippen MR) is 38.7 cm³/mol. The lowest BCUT2D eigenvalue weighted by atomic mass is 10.4. The smallest absolute Gasteiger partial charge is 0.0866 e. The monoisotopic (exact) mass is 124 g/mol. The lowest BCUT2D eigenvalue weighted by Gasteiger charge is -1.68. The third-order valence-electron chi connectivity index (χ3n) is 0.653. The van der Waals surface area contributed by atoms with E-state index in [0.29, 0.717) is 6.33 Å². The van der Waals surface area contributed by atoms with Crippen molar-refractivity contribution in [1.82, 2.24) is 0 Å². The highest BCUT2D eigenvalue weighted by atomic mass is 19.1. The lowest BCUT2D eigenvalue weighted by Crippen LogP contribution is -1.46. The average Bonchev–Trinajstić information content (AvgIpc) is 1.89. The van der Waals surface area contributed by atoms with E-state index in [1.807, 2.05) is 0 Å². The molecule has 0 radical (unpaired) electrons. The minimum Gasteiger partial charge on any atom is -0.216 e. The van der Waals surface area contributed by atoms with Gasteiger partial charge in [-0.2, -0.15) is 0 Å². The van der Waals surface area contributed by atoms with Gasteiger partial charge < -0.3 is 0 Å². The summed E-state index contributed by atoms with van der Waals surface area (Å²) in [5.41, 5.74) is 0. The number of halogens is 1. The zero-order chi connectivity index (χ0) is 6.95. The van der Waals surface area contributed by atoms with Gasteiger partial charge in [-0.05, 0) is 6.08 Å². The highest BCUT2D eigenvalue weighted by Crippen LogP contribution is 1.80. The average molecular weight is 124 g/mol. The van der Waals surface area contributed by atoms with E-state index >= 15 is 0 Å². The summed E-state index contributed by atoms with van der Waals surface area (Å²) in [5.74, 6) is 0. The van der Waals surface area contributed by atoms with Crippen LogP contribution in [0.5, 0.6) is 0 Å². The molecular weight excluding hydrogens is 115 g/mol. The van der Waals surface area contributed by atoms with Crippen LogP contribution >= 0.6 is 0 Å². The summed E-state index contributed by atoms with van der Waals surface area (Å²) >= 11 is 0. The molecule has 0 nitrogen and oxygen atoms in total. The molecule has 0 amide bonds. The number of rotatable bonds is 3. The quantitative estimate of drug-likeness (QED) is 0.507. The van der Waals surface area contributed by atoms with E-state index in [0.717, 1.165) is 0 Å². The Balaban J connectivity index is 3.46. The summed E-state index contributed by atoms with van der Waals surface area (Å²) in [5, 5.41) is 0. The summed E-state index contributed by atoms with van der Waals surface area (Å²) in [6, 6.07) is 0. The molecule has 0 aromatic carbocycles. The molecule has 0 aliphatic carbocycles. The molecule has 9 heavy (non-hydrogen) atoms. The van der Waals surface area contributed by atoms with Gasteiger partial charge in [0.1, 0.15) is 0 Å². The number of hydrogen-bond acceptors (Lipinski definition) is 0. The van der Waals surface area contributed by atoms with Gasteiger partial charge in [0.15, 0.2) is 0 Å². The Hall–Kier alpha value is -1.11. The van der Waals surface area contributed by atoms with Crippen molar-refractivity contribution in [2.24, 2.45) is 0 Å². The first kappa shape index (κ1) is 7.89. The first-order valence-electron chi connectivity index (χ1n) is 2.63. The first-order valence-corrected chi connectivity index (χ1v) is 2.63. The Kier molecular flexibility index (Phi) is 6.04. The summed E-state index contributed by atoms with van der Waals surface area (Å²) in [7, 11) is 0. The molecule has 0 aromatic heterocycles. The molecule has 0 saturated heterocycles. The van der Waals surface area contributed by atoms with E-state index in [-0.39, 0.29) is 0 Å². The van der Waals surface area contributed by atoms with Crippen molar-refractivity contribution in [2.75, 3.05) is 0 Å². The van der Waals surface area contributed by atoms with Crippen LogP contribution in [0.1, 0.15) is 0 Å². The van der Waals surface area contributed by atoms with Crippen LogP contribution in [0.25, 0.3) is 0 Å². The molecule has 0 spiro atoms. The van der Waals surface area contributed by atoms with E-state index < -0.39 is 0 Å². The van der Waals surface area contributed by atoms with Gasteiger partial charge in [-0.3, -0.25) is 0 Å². The van der Waals surface area contributed by atoms with E-state index in [4.69, 9.17) is 0 Å². The zero-order valence-electron chi connectivity index (χ0n) is 5.13. The number of allylic oxidation sites excluding steroid dienone is 6. The SMILES string of the molecule is C=C\C=C/C=C\C=C/F. The van der Waals surface area contributed by atoms with Crippen molar-refractivity contribution < 1.29 is 4.39 Å². The van der Waals surface area contributed by atoms with Crippen molar-refractivity contribution in [3.05, 3.63) is 49.4 Å². The highest BCUT2D eigenvalue weighted by Gasteiger charge is 1.58. The van der Waals surface area contributed by atoms with Gasteiger partial charge in [-0.1, -0.05) is 37.0 Å². The number of hydrogen-bond donors (Lipinski definition) is 0. The largest absolute Gasteiger partial charge is 0.216 e. The molecule has 0 N–H and O–H groups in total. The van der Waals surface area contributed by atoms with Gasteiger partial charge in [0.2, 0.25) is 0 Å². The van der Waals surface area contributed by atoms with Gasteiger partial charge in [0, 0.05) is 0 Å². The van der Waals surface area contributed by atoms with Crippen molar-refractivity contribution in [1.29, 1.82) is 0 Å². The third kappa shape index (κ3) is 6.89. The Morgan fingerprint density at radius 1 is 0.889 bits per heavy atom. The maximum absolute atomic E-state index is 11.2. The molecule has 0 aromatic rings. The lowest BCUT2D eigenvalue weighted by molar-refractivity contribution is 0.721. The predicted octanol–water partition coefficient (Wildman–Crippen LogP) is 2.77. The normalized spacial score (nSPS) is 12.1. The Morgan fingerprint density at radius 3 is 2.00 bits per heavy atom. The van der Waals surface area contributed by atoms with E-state index in [1.54, 1.807) is 30.4 Å². The first-order chi connectivity index (χ1) is 4.41. The summed E-state index contributed by atoms with van der Waals surface area (Å²) < 4.78 is 11.2. The molecule has 0 atom stereocenters. The minimum atomic E-state index is 0.484. The second kappa shape index (κ2) is 6.89. The second-order valence-electron chi connectivity index (χ2n) is 1.32. The van der Waals surface area contributed by atoms with Gasteiger partial charge in [-0.15, -0.1) is 0 Å². The van der Waals surface area contributed by atoms with Gasteiger partial charge in [-0.25, -0.2) is 4.39 Å². The topological polar surface area (TPSA) is 0 Å². The van der Waals surface area contributed by atoms with Crippen LogP contribution in [0.3, 0.4) is 0 Å². The van der Waals surface area contributed by atoms with Crippen molar-refractivity contribution in [3.8, 4) is 0 Å². The second-order valence-corrected chi connectivity index (χ2v) is 1.32.